The molecule has 2 rings (SSSR count). The fourth-order valence-electron chi connectivity index (χ4n) is 1.86. The number of rotatable bonds is 2. The molecule has 0 radical (unpaired) electrons. The maximum Gasteiger partial charge on any atom is 0.0901 e. The summed E-state index contributed by atoms with van der Waals surface area (Å²) in [6.45, 7) is 0. The van der Waals surface area contributed by atoms with Gasteiger partial charge in [0.2, 0.25) is 0 Å². The average molecular weight is 303 g/mol. The van der Waals surface area contributed by atoms with Gasteiger partial charge in [0.15, 0.2) is 0 Å². The van der Waals surface area contributed by atoms with E-state index in [1.54, 1.807) is 0 Å². The minimum Gasteiger partial charge on any atom is -0.294 e. The van der Waals surface area contributed by atoms with Gasteiger partial charge in [-0.25, -0.2) is 0 Å². The molecule has 14 heavy (non-hydrogen) atoms. The molecule has 0 aliphatic carbocycles. The van der Waals surface area contributed by atoms with Crippen molar-refractivity contribution in [2.45, 2.75) is 18.6 Å². The van der Waals surface area contributed by atoms with Crippen LogP contribution in [0.3, 0.4) is 0 Å². The van der Waals surface area contributed by atoms with Crippen LogP contribution >= 0.6 is 22.6 Å². The zero-order valence-electron chi connectivity index (χ0n) is 8.19. The largest absolute Gasteiger partial charge is 0.294 e. The minimum atomic E-state index is 0.380. The van der Waals surface area contributed by atoms with Crippen LogP contribution in [0.4, 0.5) is 0 Å². The van der Waals surface area contributed by atoms with Gasteiger partial charge in [-0.1, -0.05) is 52.9 Å². The van der Waals surface area contributed by atoms with Crippen molar-refractivity contribution in [2.75, 3.05) is 11.5 Å². The van der Waals surface area contributed by atoms with Crippen molar-refractivity contribution in [3.05, 3.63) is 35.9 Å². The maximum absolute atomic E-state index is 5.70. The van der Waals surface area contributed by atoms with E-state index in [-0.39, 0.29) is 0 Å². The van der Waals surface area contributed by atoms with Crippen molar-refractivity contribution in [3.8, 4) is 0 Å². The third-order valence-electron chi connectivity index (χ3n) is 2.60. The van der Waals surface area contributed by atoms with Crippen molar-refractivity contribution in [1.82, 2.24) is 5.06 Å². The number of alkyl halides is 1. The molecule has 1 aromatic carbocycles. The highest BCUT2D eigenvalue weighted by atomic mass is 127. The highest BCUT2D eigenvalue weighted by molar-refractivity contribution is 14.1. The van der Waals surface area contributed by atoms with Gasteiger partial charge in [0.25, 0.3) is 0 Å². The second-order valence-corrected chi connectivity index (χ2v) is 4.47. The van der Waals surface area contributed by atoms with E-state index >= 15 is 0 Å². The Kier molecular flexibility index (Phi) is 3.41. The second-order valence-electron chi connectivity index (χ2n) is 3.59. The van der Waals surface area contributed by atoms with Gasteiger partial charge < -0.3 is 0 Å². The molecule has 1 heterocycles. The smallest absolute Gasteiger partial charge is 0.0901 e. The molecule has 1 aliphatic heterocycles. The van der Waals surface area contributed by atoms with Crippen LogP contribution in [-0.4, -0.2) is 22.6 Å². The monoisotopic (exact) mass is 303 g/mol. The zero-order valence-corrected chi connectivity index (χ0v) is 10.3. The zero-order chi connectivity index (χ0) is 9.97. The van der Waals surface area contributed by atoms with Crippen molar-refractivity contribution in [3.63, 3.8) is 0 Å². The van der Waals surface area contributed by atoms with E-state index in [9.17, 15) is 0 Å². The third-order valence-corrected chi connectivity index (χ3v) is 3.58. The molecule has 1 aliphatic rings. The first-order valence-corrected chi connectivity index (χ1v) is 6.34. The van der Waals surface area contributed by atoms with Gasteiger partial charge in [-0.2, -0.15) is 5.06 Å². The summed E-state index contributed by atoms with van der Waals surface area (Å²) < 4.78 is 1.06. The predicted molar refractivity (Wildman–Crippen MR) is 65.3 cm³/mol. The van der Waals surface area contributed by atoms with E-state index in [2.05, 4.69) is 52.9 Å². The summed E-state index contributed by atoms with van der Waals surface area (Å²) in [5.41, 5.74) is 1.35. The van der Waals surface area contributed by atoms with Gasteiger partial charge in [-0.3, -0.25) is 4.84 Å². The second kappa shape index (κ2) is 4.59. The molecule has 3 heteroatoms. The van der Waals surface area contributed by atoms with Gasteiger partial charge >= 0.3 is 0 Å². The topological polar surface area (TPSA) is 12.5 Å². The highest BCUT2D eigenvalue weighted by Crippen LogP contribution is 2.32. The van der Waals surface area contributed by atoms with Crippen molar-refractivity contribution in [2.24, 2.45) is 0 Å². The lowest BCUT2D eigenvalue weighted by atomic mass is 10.0. The van der Waals surface area contributed by atoms with Gasteiger partial charge in [-0.05, 0) is 12.0 Å². The molecular formula is C11H14INO. The van der Waals surface area contributed by atoms with Gasteiger partial charge in [0, 0.05) is 11.5 Å². The number of hydrogen-bond acceptors (Lipinski definition) is 2. The Balaban J connectivity index is 2.13. The summed E-state index contributed by atoms with van der Waals surface area (Å²) in [4.78, 5) is 5.70. The van der Waals surface area contributed by atoms with Crippen molar-refractivity contribution >= 4 is 22.6 Å². The van der Waals surface area contributed by atoms with Gasteiger partial charge in [-0.15, -0.1) is 0 Å². The Morgan fingerprint density at radius 1 is 1.43 bits per heavy atom. The van der Waals surface area contributed by atoms with Gasteiger partial charge in [0.1, 0.15) is 0 Å². The summed E-state index contributed by atoms with van der Waals surface area (Å²) >= 11 is 2.38. The van der Waals surface area contributed by atoms with Crippen LogP contribution < -0.4 is 0 Å². The normalized spacial score (nSPS) is 28.1. The maximum atomic E-state index is 5.70. The quantitative estimate of drug-likeness (QED) is 0.615. The number of benzene rings is 1. The standard InChI is InChI=1S/C11H14INO/c1-13-11(7-10(8-12)14-13)9-5-3-2-4-6-9/h2-6,10-11H,7-8H2,1H3/t10-,11-/m0/s1. The number of halogens is 1. The van der Waals surface area contributed by atoms with E-state index in [1.807, 2.05) is 12.1 Å². The molecule has 1 aromatic rings. The lowest BCUT2D eigenvalue weighted by molar-refractivity contribution is -0.136. The van der Waals surface area contributed by atoms with Crippen LogP contribution in [0, 0.1) is 0 Å². The van der Waals surface area contributed by atoms with E-state index in [0.29, 0.717) is 12.1 Å². The molecule has 1 saturated heterocycles. The average Bonchev–Trinajstić information content (AvgIpc) is 2.61. The number of hydrogen-bond donors (Lipinski definition) is 0. The first-order chi connectivity index (χ1) is 6.81. The van der Waals surface area contributed by atoms with Crippen LogP contribution in [0.2, 0.25) is 0 Å². The SMILES string of the molecule is CN1O[C@H](CI)C[C@H]1c1ccccc1. The molecular weight excluding hydrogens is 289 g/mol. The molecule has 0 spiro atoms. The fourth-order valence-corrected chi connectivity index (χ4v) is 2.38. The Bertz CT molecular complexity index is 291. The molecule has 0 aromatic heterocycles. The molecule has 1 fully saturated rings. The van der Waals surface area contributed by atoms with Crippen LogP contribution in [0.1, 0.15) is 18.0 Å². The van der Waals surface area contributed by atoms with E-state index < -0.39 is 0 Å². The molecule has 0 saturated carbocycles. The van der Waals surface area contributed by atoms with Crippen LogP contribution in [0.25, 0.3) is 0 Å². The Labute approximate surface area is 98.3 Å². The Morgan fingerprint density at radius 3 is 2.71 bits per heavy atom. The minimum absolute atomic E-state index is 0.380. The predicted octanol–water partition coefficient (Wildman–Crippen LogP) is 2.80. The molecule has 2 nitrogen and oxygen atoms in total. The van der Waals surface area contributed by atoms with E-state index in [1.165, 1.54) is 5.56 Å². The van der Waals surface area contributed by atoms with Crippen molar-refractivity contribution < 1.29 is 4.84 Å². The third kappa shape index (κ3) is 2.10. The van der Waals surface area contributed by atoms with Crippen LogP contribution in [0.15, 0.2) is 30.3 Å². The fraction of sp³-hybridized carbons (Fsp3) is 0.455. The van der Waals surface area contributed by atoms with E-state index in [0.717, 1.165) is 10.8 Å². The molecule has 0 amide bonds. The van der Waals surface area contributed by atoms with E-state index in [4.69, 9.17) is 4.84 Å². The van der Waals surface area contributed by atoms with Crippen LogP contribution in [0.5, 0.6) is 0 Å². The molecule has 0 N–H and O–H groups in total. The summed E-state index contributed by atoms with van der Waals surface area (Å²) in [5, 5.41) is 1.98. The number of nitrogens with zero attached hydrogens (tertiary/aromatic N) is 1. The van der Waals surface area contributed by atoms with Gasteiger partial charge in [0.05, 0.1) is 12.1 Å². The van der Waals surface area contributed by atoms with Crippen molar-refractivity contribution in [1.29, 1.82) is 0 Å². The molecule has 2 atom stereocenters. The molecule has 76 valence electrons. The summed E-state index contributed by atoms with van der Waals surface area (Å²) in [6.07, 6.45) is 1.48. The molecule has 0 unspecified atom stereocenters. The first kappa shape index (κ1) is 10.4. The van der Waals surface area contributed by atoms with Crippen LogP contribution in [-0.2, 0) is 4.84 Å². The first-order valence-electron chi connectivity index (χ1n) is 4.82. The Hall–Kier alpha value is -0.130. The Morgan fingerprint density at radius 2 is 2.14 bits per heavy atom. The summed E-state index contributed by atoms with van der Waals surface area (Å²) in [5.74, 6) is 0. The summed E-state index contributed by atoms with van der Waals surface area (Å²) in [7, 11) is 2.02. The molecule has 0 bridgehead atoms. The highest BCUT2D eigenvalue weighted by Gasteiger charge is 2.30. The lowest BCUT2D eigenvalue weighted by Gasteiger charge is -2.17. The number of hydroxylamine groups is 2. The lowest BCUT2D eigenvalue weighted by Crippen LogP contribution is -2.17. The summed E-state index contributed by atoms with van der Waals surface area (Å²) in [6, 6.07) is 11.0.